The second kappa shape index (κ2) is 12.9. The van der Waals surface area contributed by atoms with Crippen LogP contribution in [0.4, 0.5) is 0 Å². The van der Waals surface area contributed by atoms with Crippen molar-refractivity contribution in [2.24, 2.45) is 23.7 Å². The second-order valence-electron chi connectivity index (χ2n) is 13.5. The van der Waals surface area contributed by atoms with E-state index >= 15 is 0 Å². The van der Waals surface area contributed by atoms with Crippen molar-refractivity contribution >= 4 is 0 Å². The van der Waals surface area contributed by atoms with E-state index in [2.05, 4.69) is 69.1 Å². The van der Waals surface area contributed by atoms with Gasteiger partial charge in [-0.3, -0.25) is 0 Å². The summed E-state index contributed by atoms with van der Waals surface area (Å²) >= 11 is 0. The van der Waals surface area contributed by atoms with Crippen LogP contribution in [0.5, 0.6) is 0 Å². The molecule has 0 spiro atoms. The Kier molecular flexibility index (Phi) is 10.2. The van der Waals surface area contributed by atoms with Gasteiger partial charge in [0.05, 0.1) is 0 Å². The van der Waals surface area contributed by atoms with Crippen LogP contribution in [0, 0.1) is 23.7 Å². The highest BCUT2D eigenvalue weighted by Crippen LogP contribution is 2.41. The van der Waals surface area contributed by atoms with Gasteiger partial charge in [0, 0.05) is 42.8 Å². The molecule has 0 radical (unpaired) electrons. The van der Waals surface area contributed by atoms with Gasteiger partial charge in [0.25, 0.3) is 0 Å². The quantitative estimate of drug-likeness (QED) is 0.345. The molecule has 1 N–H and O–H groups in total. The lowest BCUT2D eigenvalue weighted by Crippen LogP contribution is -2.47. The van der Waals surface area contributed by atoms with Crippen LogP contribution in [0.1, 0.15) is 89.9 Å². The molecule has 3 saturated carbocycles. The Balaban J connectivity index is 1.37. The number of rotatable bonds is 7. The first-order chi connectivity index (χ1) is 16.8. The molecule has 4 aliphatic rings. The summed E-state index contributed by atoms with van der Waals surface area (Å²) in [5, 5.41) is 0. The molecule has 0 amide bonds. The van der Waals surface area contributed by atoms with E-state index in [1.54, 1.807) is 0 Å². The molecular formula is C31H58N3O+. The molecule has 4 heteroatoms. The first kappa shape index (κ1) is 27.6. The van der Waals surface area contributed by atoms with E-state index in [9.17, 15) is 0 Å². The molecule has 3 aliphatic carbocycles. The van der Waals surface area contributed by atoms with E-state index in [0.29, 0.717) is 12.2 Å². The van der Waals surface area contributed by atoms with Crippen molar-refractivity contribution in [1.82, 2.24) is 14.7 Å². The summed E-state index contributed by atoms with van der Waals surface area (Å²) in [6.45, 7) is 0. The Morgan fingerprint density at radius 2 is 0.800 bits per heavy atom. The lowest BCUT2D eigenvalue weighted by molar-refractivity contribution is -0.239. The molecule has 4 nitrogen and oxygen atoms in total. The molecule has 1 saturated heterocycles. The zero-order chi connectivity index (χ0) is 24.9. The summed E-state index contributed by atoms with van der Waals surface area (Å²) in [7, 11) is 13.6. The topological polar surface area (TPSA) is 22.5 Å². The average molecular weight is 489 g/mol. The first-order valence-electron chi connectivity index (χ1n) is 15.2. The number of hydrogen-bond acceptors (Lipinski definition) is 3. The van der Waals surface area contributed by atoms with Crippen molar-refractivity contribution in [2.75, 3.05) is 42.3 Å². The summed E-state index contributed by atoms with van der Waals surface area (Å²) in [4.78, 5) is 7.35. The maximum Gasteiger partial charge on any atom is 0.158 e. The van der Waals surface area contributed by atoms with Crippen LogP contribution in [-0.4, -0.2) is 92.1 Å². The minimum absolute atomic E-state index is 0.613. The van der Waals surface area contributed by atoms with Gasteiger partial charge in [0.15, 0.2) is 12.2 Å². The number of allylic oxidation sites excluding steroid dienone is 2. The molecule has 1 aliphatic heterocycles. The molecule has 2 unspecified atom stereocenters. The lowest BCUT2D eigenvalue weighted by Gasteiger charge is -2.42. The Morgan fingerprint density at radius 3 is 1.17 bits per heavy atom. The fourth-order valence-electron chi connectivity index (χ4n) is 8.00. The normalized spacial score (nSPS) is 41.8. The third-order valence-electron chi connectivity index (χ3n) is 10.6. The summed E-state index contributed by atoms with van der Waals surface area (Å²) in [6.07, 6.45) is 25.8. The van der Waals surface area contributed by atoms with Gasteiger partial charge in [0.2, 0.25) is 0 Å². The van der Waals surface area contributed by atoms with Crippen molar-refractivity contribution in [2.45, 2.75) is 120 Å². The minimum atomic E-state index is 0.613. The van der Waals surface area contributed by atoms with E-state index in [1.165, 1.54) is 89.9 Å². The van der Waals surface area contributed by atoms with E-state index in [-0.39, 0.29) is 0 Å². The molecule has 0 bridgehead atoms. The van der Waals surface area contributed by atoms with Crippen LogP contribution < -0.4 is 0 Å². The van der Waals surface area contributed by atoms with Crippen molar-refractivity contribution in [3.8, 4) is 0 Å². The fourth-order valence-corrected chi connectivity index (χ4v) is 8.00. The molecule has 0 aromatic rings. The zero-order valence-electron chi connectivity index (χ0n) is 24.0. The standard InChI is InChI=1S/C31H57N3O/c1-32(2)27-15-9-23(10-16-27)7-8-24-21-30(25-11-17-28(18-12-25)33(3)4)35-31(22-24)26-13-19-29(20-14-26)34(5)6/h7-8,23-31H,9-22H2,1-6H3/p+1/b8-7+. The predicted molar refractivity (Wildman–Crippen MR) is 150 cm³/mol. The van der Waals surface area contributed by atoms with Gasteiger partial charge >= 0.3 is 0 Å². The zero-order valence-corrected chi connectivity index (χ0v) is 24.0. The molecule has 4 fully saturated rings. The first-order valence-corrected chi connectivity index (χ1v) is 15.2. The Hall–Kier alpha value is -0.420. The van der Waals surface area contributed by atoms with Gasteiger partial charge in [-0.25, -0.2) is 0 Å². The van der Waals surface area contributed by atoms with Crippen molar-refractivity contribution in [3.63, 3.8) is 0 Å². The molecule has 202 valence electrons. The van der Waals surface area contributed by atoms with Crippen LogP contribution in [-0.2, 0) is 0 Å². The van der Waals surface area contributed by atoms with Crippen LogP contribution in [0.25, 0.3) is 0 Å². The molecule has 4 rings (SSSR count). The van der Waals surface area contributed by atoms with E-state index < -0.39 is 0 Å². The highest BCUT2D eigenvalue weighted by atomic mass is 16.5. The van der Waals surface area contributed by atoms with E-state index in [0.717, 1.165) is 41.8 Å². The van der Waals surface area contributed by atoms with Gasteiger partial charge in [-0.05, 0) is 131 Å². The molecule has 2 atom stereocenters. The summed E-state index contributed by atoms with van der Waals surface area (Å²) in [6, 6.07) is 2.39. The smallest absolute Gasteiger partial charge is 0.158 e. The fraction of sp³-hybridized carbons (Fsp3) is 0.935. The Labute approximate surface area is 217 Å². The highest BCUT2D eigenvalue weighted by Gasteiger charge is 2.43. The van der Waals surface area contributed by atoms with Crippen molar-refractivity contribution < 1.29 is 4.74 Å². The largest absolute Gasteiger partial charge is 0.429 e. The molecule has 0 aromatic carbocycles. The molecule has 35 heavy (non-hydrogen) atoms. The van der Waals surface area contributed by atoms with Gasteiger partial charge in [0.1, 0.15) is 0 Å². The number of aliphatic hydroxyl groups is 2. The summed E-state index contributed by atoms with van der Waals surface area (Å²) < 4.78 is 5.68. The second-order valence-corrected chi connectivity index (χ2v) is 13.5. The van der Waals surface area contributed by atoms with E-state index in [4.69, 9.17) is 4.74 Å². The van der Waals surface area contributed by atoms with E-state index in [1.807, 2.05) is 0 Å². The Morgan fingerprint density at radius 1 is 0.457 bits per heavy atom. The van der Waals surface area contributed by atoms with Crippen molar-refractivity contribution in [1.29, 1.82) is 0 Å². The monoisotopic (exact) mass is 488 g/mol. The van der Waals surface area contributed by atoms with Crippen LogP contribution >= 0.6 is 0 Å². The lowest BCUT2D eigenvalue weighted by atomic mass is 9.74. The number of ether oxygens (including phenoxy) is 1. The summed E-state index contributed by atoms with van der Waals surface area (Å²) in [5.41, 5.74) is 0. The average Bonchev–Trinajstić information content (AvgIpc) is 2.87. The van der Waals surface area contributed by atoms with Crippen molar-refractivity contribution in [3.05, 3.63) is 12.2 Å². The highest BCUT2D eigenvalue weighted by molar-refractivity contribution is 5.00. The number of hydrogen-bond donors (Lipinski definition) is 0. The minimum Gasteiger partial charge on any atom is -0.429 e. The maximum absolute atomic E-state index is 5.68. The predicted octanol–water partition coefficient (Wildman–Crippen LogP) is 5.58. The third kappa shape index (κ3) is 7.55. The third-order valence-corrected chi connectivity index (χ3v) is 10.6. The molecular weight excluding hydrogens is 430 g/mol. The van der Waals surface area contributed by atoms with Gasteiger partial charge in [-0.2, -0.15) is 0 Å². The van der Waals surface area contributed by atoms with Crippen LogP contribution in [0.2, 0.25) is 0 Å². The number of nitrogens with zero attached hydrogens (tertiary/aromatic N) is 3. The van der Waals surface area contributed by atoms with Gasteiger partial charge in [-0.15, -0.1) is 0 Å². The molecule has 0 aromatic heterocycles. The Bertz CT molecular complexity index is 602. The van der Waals surface area contributed by atoms with Gasteiger partial charge < -0.3 is 19.4 Å². The maximum atomic E-state index is 5.68. The van der Waals surface area contributed by atoms with Gasteiger partial charge in [-0.1, -0.05) is 12.2 Å². The van der Waals surface area contributed by atoms with Crippen LogP contribution in [0.15, 0.2) is 12.2 Å². The van der Waals surface area contributed by atoms with Crippen LogP contribution in [0.3, 0.4) is 0 Å². The SMILES string of the molecule is CN(C)C1CCC(/C=C/C2CC(C3CCC(N(C)C)CC3)[OH+]C(C3CCC(N(C)C)CC3)C2)CC1. The molecule has 1 heterocycles. The summed E-state index contributed by atoms with van der Waals surface area (Å²) in [5.74, 6) is 3.23.